The van der Waals surface area contributed by atoms with E-state index in [9.17, 15) is 14.4 Å². The van der Waals surface area contributed by atoms with Crippen molar-refractivity contribution >= 4 is 86.4 Å². The number of aryl methyl sites for hydroxylation is 1. The van der Waals surface area contributed by atoms with Gasteiger partial charge >= 0.3 is 5.97 Å². The number of carbonyl (C=O) groups is 2. The number of nitrogens with zero attached hydrogens (tertiary/aromatic N) is 1. The van der Waals surface area contributed by atoms with Crippen LogP contribution in [0.2, 0.25) is 0 Å². The summed E-state index contributed by atoms with van der Waals surface area (Å²) in [7, 11) is 3.05. The van der Waals surface area contributed by atoms with E-state index in [-0.39, 0.29) is 11.3 Å². The van der Waals surface area contributed by atoms with Crippen LogP contribution in [0.4, 0.5) is 5.69 Å². The van der Waals surface area contributed by atoms with Crippen molar-refractivity contribution in [3.05, 3.63) is 85.3 Å². The summed E-state index contributed by atoms with van der Waals surface area (Å²) < 4.78 is 8.29. The maximum atomic E-state index is 13.5. The molecule has 0 saturated heterocycles. The Hall–Kier alpha value is -3.07. The van der Waals surface area contributed by atoms with Gasteiger partial charge in [0.2, 0.25) is 0 Å². The summed E-state index contributed by atoms with van der Waals surface area (Å²) in [6.07, 6.45) is 0. The van der Waals surface area contributed by atoms with E-state index in [0.29, 0.717) is 26.9 Å². The highest BCUT2D eigenvalue weighted by molar-refractivity contribution is 9.10. The molecule has 5 rings (SSSR count). The second-order valence-electron chi connectivity index (χ2n) is 7.88. The highest BCUT2D eigenvalue weighted by Crippen LogP contribution is 2.34. The van der Waals surface area contributed by atoms with E-state index < -0.39 is 5.97 Å². The van der Waals surface area contributed by atoms with Crippen LogP contribution in [0.15, 0.2) is 63.9 Å². The van der Waals surface area contributed by atoms with Gasteiger partial charge in [0.15, 0.2) is 5.43 Å². The van der Waals surface area contributed by atoms with Gasteiger partial charge in [0.25, 0.3) is 5.91 Å². The molecule has 2 aromatic heterocycles. The molecule has 0 unspecified atom stereocenters. The molecule has 34 heavy (non-hydrogen) atoms. The van der Waals surface area contributed by atoms with Crippen LogP contribution in [0.5, 0.6) is 0 Å². The Morgan fingerprint density at radius 1 is 0.882 bits per heavy atom. The largest absolute Gasteiger partial charge is 0.465 e. The number of esters is 1. The van der Waals surface area contributed by atoms with Crippen LogP contribution in [-0.2, 0) is 4.74 Å². The Labute approximate surface area is 211 Å². The molecule has 0 aliphatic carbocycles. The van der Waals surface area contributed by atoms with Crippen molar-refractivity contribution in [1.29, 1.82) is 0 Å². The molecular formula is C26H18BrNO4S2. The number of thiophene rings is 1. The van der Waals surface area contributed by atoms with Gasteiger partial charge in [-0.05, 0) is 66.4 Å². The molecule has 0 aliphatic heterocycles. The van der Waals surface area contributed by atoms with Crippen LogP contribution >= 0.6 is 38.6 Å². The van der Waals surface area contributed by atoms with Crippen molar-refractivity contribution in [2.45, 2.75) is 6.92 Å². The van der Waals surface area contributed by atoms with Crippen LogP contribution in [0.25, 0.3) is 30.3 Å². The third-order valence-corrected chi connectivity index (χ3v) is 8.75. The number of ether oxygens (including phenoxy) is 1. The summed E-state index contributed by atoms with van der Waals surface area (Å²) in [6, 6.07) is 16.5. The minimum atomic E-state index is -0.414. The number of fused-ring (bicyclic) bond motifs is 3. The third kappa shape index (κ3) is 3.72. The molecule has 0 atom stereocenters. The Morgan fingerprint density at radius 2 is 1.59 bits per heavy atom. The normalized spacial score (nSPS) is 11.3. The van der Waals surface area contributed by atoms with Gasteiger partial charge in [-0.2, -0.15) is 0 Å². The summed E-state index contributed by atoms with van der Waals surface area (Å²) in [4.78, 5) is 40.7. The number of carbonyl (C=O) groups excluding carboxylic acids is 2. The Morgan fingerprint density at radius 3 is 2.32 bits per heavy atom. The lowest BCUT2D eigenvalue weighted by Crippen LogP contribution is -2.26. The molecule has 0 aliphatic rings. The van der Waals surface area contributed by atoms with Crippen LogP contribution < -0.4 is 10.3 Å². The first-order valence-electron chi connectivity index (χ1n) is 10.3. The zero-order valence-electron chi connectivity index (χ0n) is 18.5. The predicted octanol–water partition coefficient (Wildman–Crippen LogP) is 6.76. The molecule has 0 bridgehead atoms. The van der Waals surface area contributed by atoms with Gasteiger partial charge in [-0.1, -0.05) is 22.0 Å². The third-order valence-electron chi connectivity index (χ3n) is 5.86. The molecule has 0 saturated carbocycles. The average Bonchev–Trinajstić information content (AvgIpc) is 3.18. The van der Waals surface area contributed by atoms with E-state index in [0.717, 1.165) is 29.5 Å². The topological polar surface area (TPSA) is 63.7 Å². The maximum Gasteiger partial charge on any atom is 0.337 e. The number of halogens is 1. The van der Waals surface area contributed by atoms with Gasteiger partial charge in [0, 0.05) is 42.1 Å². The van der Waals surface area contributed by atoms with Crippen molar-refractivity contribution in [2.24, 2.45) is 0 Å². The standard InChI is InChI=1S/C26H18BrNO4S2/c1-13-17-7-4-14(26(31)32-3)10-22(17)34-24(13)25(30)28(2)16-6-9-21-19(12-16)23(29)18-11-15(27)5-8-20(18)33-21/h4-12H,1-3H3. The van der Waals surface area contributed by atoms with Gasteiger partial charge in [0.05, 0.1) is 17.6 Å². The Kier molecular flexibility index (Phi) is 5.75. The van der Waals surface area contributed by atoms with E-state index in [1.54, 1.807) is 41.5 Å². The maximum absolute atomic E-state index is 13.5. The molecule has 5 aromatic rings. The number of rotatable bonds is 3. The quantitative estimate of drug-likeness (QED) is 0.183. The molecule has 2 heterocycles. The molecule has 8 heteroatoms. The summed E-state index contributed by atoms with van der Waals surface area (Å²) in [5, 5.41) is 2.16. The number of anilines is 1. The first kappa shape index (κ1) is 22.7. The molecule has 0 radical (unpaired) electrons. The van der Waals surface area contributed by atoms with Crippen molar-refractivity contribution in [1.82, 2.24) is 0 Å². The molecule has 5 nitrogen and oxygen atoms in total. The minimum Gasteiger partial charge on any atom is -0.465 e. The molecule has 170 valence electrons. The van der Waals surface area contributed by atoms with Crippen molar-refractivity contribution in [2.75, 3.05) is 19.1 Å². The fraction of sp³-hybridized carbons (Fsp3) is 0.115. The number of hydrogen-bond donors (Lipinski definition) is 0. The summed E-state index contributed by atoms with van der Waals surface area (Å²) in [5.74, 6) is -0.583. The van der Waals surface area contributed by atoms with Crippen LogP contribution in [0.3, 0.4) is 0 Å². The van der Waals surface area contributed by atoms with Gasteiger partial charge in [0.1, 0.15) is 0 Å². The molecule has 1 amide bonds. The molecule has 0 fully saturated rings. The number of amides is 1. The van der Waals surface area contributed by atoms with Crippen molar-refractivity contribution in [3.63, 3.8) is 0 Å². The summed E-state index contributed by atoms with van der Waals surface area (Å²) >= 11 is 6.33. The van der Waals surface area contributed by atoms with E-state index >= 15 is 0 Å². The highest BCUT2D eigenvalue weighted by Gasteiger charge is 2.21. The lowest BCUT2D eigenvalue weighted by Gasteiger charge is -2.17. The summed E-state index contributed by atoms with van der Waals surface area (Å²) in [5.41, 5.74) is 1.89. The zero-order valence-corrected chi connectivity index (χ0v) is 21.7. The SMILES string of the molecule is COC(=O)c1ccc2c(C)c(C(=O)N(C)c3ccc4sc5ccc(Br)cc5c(=O)c4c3)sc2c1. The van der Waals surface area contributed by atoms with Gasteiger partial charge < -0.3 is 9.64 Å². The van der Waals surface area contributed by atoms with Crippen molar-refractivity contribution < 1.29 is 14.3 Å². The lowest BCUT2D eigenvalue weighted by molar-refractivity contribution is 0.0601. The van der Waals surface area contributed by atoms with Crippen LogP contribution in [0.1, 0.15) is 25.6 Å². The lowest BCUT2D eigenvalue weighted by atomic mass is 10.1. The second-order valence-corrected chi connectivity index (χ2v) is 10.9. The van der Waals surface area contributed by atoms with Crippen molar-refractivity contribution in [3.8, 4) is 0 Å². The van der Waals surface area contributed by atoms with E-state index in [1.165, 1.54) is 18.4 Å². The highest BCUT2D eigenvalue weighted by atomic mass is 79.9. The van der Waals surface area contributed by atoms with Crippen LogP contribution in [-0.4, -0.2) is 26.0 Å². The fourth-order valence-electron chi connectivity index (χ4n) is 3.97. The minimum absolute atomic E-state index is 0.0545. The van der Waals surface area contributed by atoms with E-state index in [1.807, 2.05) is 43.3 Å². The average molecular weight is 552 g/mol. The Bertz CT molecular complexity index is 1700. The van der Waals surface area contributed by atoms with E-state index in [2.05, 4.69) is 15.9 Å². The Balaban J connectivity index is 1.56. The van der Waals surface area contributed by atoms with Gasteiger partial charge in [-0.15, -0.1) is 22.7 Å². The zero-order chi connectivity index (χ0) is 24.1. The number of benzene rings is 3. The number of methoxy groups -OCH3 is 1. The number of hydrogen-bond acceptors (Lipinski definition) is 6. The van der Waals surface area contributed by atoms with E-state index in [4.69, 9.17) is 4.74 Å². The second kappa shape index (κ2) is 8.61. The van der Waals surface area contributed by atoms with Gasteiger partial charge in [-0.25, -0.2) is 4.79 Å². The molecule has 3 aromatic carbocycles. The monoisotopic (exact) mass is 551 g/mol. The summed E-state index contributed by atoms with van der Waals surface area (Å²) in [6.45, 7) is 1.90. The fourth-order valence-corrected chi connectivity index (χ4v) is 6.59. The first-order valence-corrected chi connectivity index (χ1v) is 12.8. The molecule has 0 N–H and O–H groups in total. The first-order chi connectivity index (χ1) is 16.3. The smallest absolute Gasteiger partial charge is 0.337 e. The van der Waals surface area contributed by atoms with Gasteiger partial charge in [-0.3, -0.25) is 9.59 Å². The molecular weight excluding hydrogens is 534 g/mol. The predicted molar refractivity (Wildman–Crippen MR) is 144 cm³/mol. The molecule has 0 spiro atoms. The van der Waals surface area contributed by atoms with Crippen LogP contribution in [0, 0.1) is 6.92 Å².